The van der Waals surface area contributed by atoms with Gasteiger partial charge in [0.2, 0.25) is 0 Å². The average molecular weight is 459 g/mol. The molecule has 10 heteroatoms. The van der Waals surface area contributed by atoms with Gasteiger partial charge >= 0.3 is 5.97 Å². The maximum absolute atomic E-state index is 11.8. The van der Waals surface area contributed by atoms with Gasteiger partial charge in [-0.05, 0) is 25.4 Å². The fourth-order valence-corrected chi connectivity index (χ4v) is 4.88. The fraction of sp³-hybridized carbons (Fsp3) is 0.524. The largest absolute Gasteiger partial charge is 0.459 e. The normalized spacial score (nSPS) is 15.3. The van der Waals surface area contributed by atoms with E-state index in [4.69, 9.17) is 9.72 Å². The van der Waals surface area contributed by atoms with Gasteiger partial charge in [0.15, 0.2) is 15.1 Å². The number of hydrogen-bond acceptors (Lipinski definition) is 10. The van der Waals surface area contributed by atoms with Crippen LogP contribution in [0.4, 0.5) is 15.1 Å². The number of ether oxygens (including phenoxy) is 1. The molecule has 1 aliphatic rings. The number of esters is 1. The van der Waals surface area contributed by atoms with Crippen LogP contribution in [0, 0.1) is 18.3 Å². The second-order valence-electron chi connectivity index (χ2n) is 8.53. The first kappa shape index (κ1) is 23.0. The standard InChI is InChI=1S/C21H26N6O2S2/c1-12(2)19(28)29-14-7-9-27(10-8-14)20-23-16(21(4,5)6)18(30-20)25-24-17-15(11-22)13(3)26-31-17/h14H,1,7-10H2,2-6H3/b25-24+. The molecular formula is C21H26N6O2S2. The average Bonchev–Trinajstić information content (AvgIpc) is 3.30. The molecule has 0 aliphatic carbocycles. The first-order chi connectivity index (χ1) is 14.6. The maximum Gasteiger partial charge on any atom is 0.333 e. The number of aryl methyl sites for hydroxylation is 1. The topological polar surface area (TPSA) is 104 Å². The lowest BCUT2D eigenvalue weighted by molar-refractivity contribution is -0.145. The lowest BCUT2D eigenvalue weighted by atomic mass is 9.93. The lowest BCUT2D eigenvalue weighted by Gasteiger charge is -2.31. The van der Waals surface area contributed by atoms with E-state index in [-0.39, 0.29) is 17.5 Å². The van der Waals surface area contributed by atoms with Crippen LogP contribution >= 0.6 is 22.9 Å². The third-order valence-electron chi connectivity index (χ3n) is 4.83. The SMILES string of the molecule is C=C(C)C(=O)OC1CCN(c2nc(C(C)(C)C)c(/N=N/c3snc(C)c3C#N)s2)CC1. The molecule has 2 aromatic heterocycles. The highest BCUT2D eigenvalue weighted by Gasteiger charge is 2.29. The molecular weight excluding hydrogens is 432 g/mol. The number of anilines is 1. The second kappa shape index (κ2) is 9.24. The van der Waals surface area contributed by atoms with Gasteiger partial charge in [-0.15, -0.1) is 10.2 Å². The highest BCUT2D eigenvalue weighted by atomic mass is 32.1. The van der Waals surface area contributed by atoms with Gasteiger partial charge in [0.25, 0.3) is 0 Å². The summed E-state index contributed by atoms with van der Waals surface area (Å²) in [5.41, 5.74) is 2.20. The van der Waals surface area contributed by atoms with Gasteiger partial charge in [-0.3, -0.25) is 0 Å². The van der Waals surface area contributed by atoms with Gasteiger partial charge in [0.05, 0.1) is 11.4 Å². The summed E-state index contributed by atoms with van der Waals surface area (Å²) >= 11 is 2.65. The van der Waals surface area contributed by atoms with Crippen molar-refractivity contribution in [1.29, 1.82) is 5.26 Å². The molecule has 0 unspecified atom stereocenters. The third-order valence-corrected chi connectivity index (χ3v) is 6.66. The summed E-state index contributed by atoms with van der Waals surface area (Å²) in [7, 11) is 0. The Morgan fingerprint density at radius 2 is 1.94 bits per heavy atom. The number of aromatic nitrogens is 2. The smallest absolute Gasteiger partial charge is 0.333 e. The minimum atomic E-state index is -0.333. The zero-order valence-corrected chi connectivity index (χ0v) is 20.1. The van der Waals surface area contributed by atoms with Crippen LogP contribution < -0.4 is 4.90 Å². The summed E-state index contributed by atoms with van der Waals surface area (Å²) in [4.78, 5) is 18.8. The quantitative estimate of drug-likeness (QED) is 0.329. The molecule has 0 atom stereocenters. The number of hydrogen-bond donors (Lipinski definition) is 0. The van der Waals surface area contributed by atoms with E-state index < -0.39 is 0 Å². The van der Waals surface area contributed by atoms with Crippen molar-refractivity contribution in [1.82, 2.24) is 9.36 Å². The molecule has 8 nitrogen and oxygen atoms in total. The van der Waals surface area contributed by atoms with Crippen LogP contribution in [-0.4, -0.2) is 34.5 Å². The van der Waals surface area contributed by atoms with Crippen molar-refractivity contribution in [3.63, 3.8) is 0 Å². The van der Waals surface area contributed by atoms with Crippen LogP contribution in [0.15, 0.2) is 22.4 Å². The summed E-state index contributed by atoms with van der Waals surface area (Å²) < 4.78 is 9.68. The van der Waals surface area contributed by atoms with Crippen LogP contribution in [-0.2, 0) is 14.9 Å². The Balaban J connectivity index is 1.78. The Morgan fingerprint density at radius 3 is 2.52 bits per heavy atom. The van der Waals surface area contributed by atoms with E-state index >= 15 is 0 Å². The number of rotatable bonds is 5. The summed E-state index contributed by atoms with van der Waals surface area (Å²) in [5, 5.41) is 20.2. The Bertz CT molecular complexity index is 1050. The molecule has 1 saturated heterocycles. The molecule has 31 heavy (non-hydrogen) atoms. The molecule has 0 saturated carbocycles. The fourth-order valence-electron chi connectivity index (χ4n) is 3.06. The Kier molecular flexibility index (Phi) is 6.86. The number of nitriles is 1. The van der Waals surface area contributed by atoms with Crippen LogP contribution in [0.2, 0.25) is 0 Å². The predicted octanol–water partition coefficient (Wildman–Crippen LogP) is 5.58. The molecule has 2 aromatic rings. The van der Waals surface area contributed by atoms with Crippen molar-refractivity contribution in [2.45, 2.75) is 59.0 Å². The Labute approximate surface area is 190 Å². The van der Waals surface area contributed by atoms with Gasteiger partial charge in [-0.25, -0.2) is 9.78 Å². The van der Waals surface area contributed by atoms with Gasteiger partial charge in [-0.2, -0.15) is 9.64 Å². The second-order valence-corrected chi connectivity index (χ2v) is 10.2. The van der Waals surface area contributed by atoms with Crippen LogP contribution in [0.25, 0.3) is 0 Å². The van der Waals surface area contributed by atoms with Gasteiger partial charge in [0, 0.05) is 36.9 Å². The molecule has 3 rings (SSSR count). The van der Waals surface area contributed by atoms with Crippen molar-refractivity contribution in [2.24, 2.45) is 10.2 Å². The number of thiazole rings is 1. The number of piperidine rings is 1. The van der Waals surface area contributed by atoms with E-state index in [1.165, 1.54) is 22.9 Å². The summed E-state index contributed by atoms with van der Waals surface area (Å²) in [6.45, 7) is 14.8. The Hall–Kier alpha value is -2.64. The number of carbonyl (C=O) groups excluding carboxylic acids is 1. The van der Waals surface area contributed by atoms with Crippen molar-refractivity contribution < 1.29 is 9.53 Å². The molecule has 0 amide bonds. The maximum atomic E-state index is 11.8. The van der Waals surface area contributed by atoms with E-state index in [1.807, 2.05) is 0 Å². The zero-order valence-electron chi connectivity index (χ0n) is 18.4. The lowest BCUT2D eigenvalue weighted by Crippen LogP contribution is -2.38. The highest BCUT2D eigenvalue weighted by Crippen LogP contribution is 2.42. The minimum Gasteiger partial charge on any atom is -0.459 e. The van der Waals surface area contributed by atoms with Crippen molar-refractivity contribution in [3.05, 3.63) is 29.1 Å². The molecule has 1 fully saturated rings. The van der Waals surface area contributed by atoms with Crippen LogP contribution in [0.3, 0.4) is 0 Å². The summed E-state index contributed by atoms with van der Waals surface area (Å²) in [6, 6.07) is 2.14. The molecule has 164 valence electrons. The summed E-state index contributed by atoms with van der Waals surface area (Å²) in [5.74, 6) is -0.333. The first-order valence-corrected chi connectivity index (χ1v) is 11.6. The number of carbonyl (C=O) groups is 1. The van der Waals surface area contributed by atoms with Crippen molar-refractivity contribution in [3.8, 4) is 6.07 Å². The van der Waals surface area contributed by atoms with E-state index in [2.05, 4.69) is 52.9 Å². The molecule has 0 N–H and O–H groups in total. The molecule has 0 radical (unpaired) electrons. The number of nitrogens with zero attached hydrogens (tertiary/aromatic N) is 6. The zero-order chi connectivity index (χ0) is 22.8. The van der Waals surface area contributed by atoms with Gasteiger partial charge in [0.1, 0.15) is 17.7 Å². The molecule has 0 bridgehead atoms. The van der Waals surface area contributed by atoms with Gasteiger partial charge in [-0.1, -0.05) is 38.7 Å². The highest BCUT2D eigenvalue weighted by molar-refractivity contribution is 7.19. The molecule has 3 heterocycles. The summed E-state index contributed by atoms with van der Waals surface area (Å²) in [6.07, 6.45) is 1.39. The predicted molar refractivity (Wildman–Crippen MR) is 123 cm³/mol. The van der Waals surface area contributed by atoms with E-state index in [1.54, 1.807) is 13.8 Å². The van der Waals surface area contributed by atoms with Gasteiger partial charge < -0.3 is 9.64 Å². The van der Waals surface area contributed by atoms with E-state index in [0.29, 0.717) is 21.8 Å². The third kappa shape index (κ3) is 5.35. The molecule has 0 aromatic carbocycles. The Morgan fingerprint density at radius 1 is 1.29 bits per heavy atom. The van der Waals surface area contributed by atoms with E-state index in [0.717, 1.165) is 41.8 Å². The first-order valence-electron chi connectivity index (χ1n) is 10.0. The monoisotopic (exact) mass is 458 g/mol. The number of azo groups is 1. The molecule has 0 spiro atoms. The minimum absolute atomic E-state index is 0.0966. The van der Waals surface area contributed by atoms with Crippen molar-refractivity contribution >= 4 is 44.0 Å². The van der Waals surface area contributed by atoms with Crippen LogP contribution in [0.5, 0.6) is 0 Å². The van der Waals surface area contributed by atoms with E-state index in [9.17, 15) is 10.1 Å². The van der Waals surface area contributed by atoms with Crippen LogP contribution in [0.1, 0.15) is 57.5 Å². The van der Waals surface area contributed by atoms with Crippen molar-refractivity contribution in [2.75, 3.05) is 18.0 Å². The molecule has 1 aliphatic heterocycles.